The molecule has 1 saturated heterocycles. The number of nitrogens with zero attached hydrogens (tertiary/aromatic N) is 4. The van der Waals surface area contributed by atoms with Crippen molar-refractivity contribution in [2.75, 3.05) is 25.1 Å². The second-order valence-electron chi connectivity index (χ2n) is 8.42. The zero-order valence-electron chi connectivity index (χ0n) is 18.5. The van der Waals surface area contributed by atoms with E-state index in [2.05, 4.69) is 44.0 Å². The van der Waals surface area contributed by atoms with Crippen LogP contribution >= 0.6 is 0 Å². The Morgan fingerprint density at radius 3 is 2.75 bits per heavy atom. The first-order valence-electron chi connectivity index (χ1n) is 11.2. The fourth-order valence-electron chi connectivity index (χ4n) is 4.34. The van der Waals surface area contributed by atoms with Gasteiger partial charge in [0, 0.05) is 19.6 Å². The lowest BCUT2D eigenvalue weighted by atomic mass is 10.1. The molecule has 2 aromatic carbocycles. The molecule has 1 aliphatic rings. The summed E-state index contributed by atoms with van der Waals surface area (Å²) in [6.07, 6.45) is 7.39. The van der Waals surface area contributed by atoms with Crippen molar-refractivity contribution in [3.05, 3.63) is 71.9 Å². The highest BCUT2D eigenvalue weighted by Gasteiger charge is 2.18. The van der Waals surface area contributed by atoms with Crippen LogP contribution in [-0.2, 0) is 19.6 Å². The Morgan fingerprint density at radius 2 is 1.91 bits per heavy atom. The number of H-pyrrole nitrogens is 1. The molecule has 0 saturated carbocycles. The van der Waals surface area contributed by atoms with Crippen LogP contribution in [0.2, 0.25) is 0 Å². The van der Waals surface area contributed by atoms with Gasteiger partial charge in [0.25, 0.3) is 6.01 Å². The summed E-state index contributed by atoms with van der Waals surface area (Å²) in [5.41, 5.74) is 5.29. The Morgan fingerprint density at radius 1 is 1.06 bits per heavy atom. The van der Waals surface area contributed by atoms with Crippen LogP contribution in [0.25, 0.3) is 11.0 Å². The summed E-state index contributed by atoms with van der Waals surface area (Å²) >= 11 is 0. The number of hydrogen-bond donors (Lipinski definition) is 1. The summed E-state index contributed by atoms with van der Waals surface area (Å²) in [7, 11) is 1.69. The van der Waals surface area contributed by atoms with Crippen LogP contribution in [0.3, 0.4) is 0 Å². The molecule has 0 spiro atoms. The molecule has 3 heterocycles. The minimum atomic E-state index is 0.643. The monoisotopic (exact) mass is 431 g/mol. The summed E-state index contributed by atoms with van der Waals surface area (Å²) in [4.78, 5) is 17.0. The summed E-state index contributed by atoms with van der Waals surface area (Å²) in [5, 5.41) is 0. The lowest BCUT2D eigenvalue weighted by molar-refractivity contribution is 0.218. The first-order valence-corrected chi connectivity index (χ1v) is 11.2. The largest absolute Gasteiger partial charge is 0.497 e. The van der Waals surface area contributed by atoms with Gasteiger partial charge in [-0.25, -0.2) is 4.98 Å². The van der Waals surface area contributed by atoms with Crippen molar-refractivity contribution in [1.29, 1.82) is 0 Å². The number of rotatable bonds is 8. The minimum absolute atomic E-state index is 0.643. The van der Waals surface area contributed by atoms with E-state index in [1.807, 2.05) is 18.2 Å². The molecule has 0 amide bonds. The van der Waals surface area contributed by atoms with Gasteiger partial charge in [-0.05, 0) is 61.3 Å². The number of ether oxygens (including phenoxy) is 1. The highest BCUT2D eigenvalue weighted by atomic mass is 16.5. The van der Waals surface area contributed by atoms with E-state index in [1.54, 1.807) is 19.7 Å². The molecule has 4 aromatic rings. The van der Waals surface area contributed by atoms with Gasteiger partial charge in [-0.1, -0.05) is 24.6 Å². The maximum absolute atomic E-state index is 5.98. The third-order valence-corrected chi connectivity index (χ3v) is 6.01. The van der Waals surface area contributed by atoms with Gasteiger partial charge in [0.2, 0.25) is 0 Å². The average Bonchev–Trinajstić information content (AvgIpc) is 3.49. The Labute approximate surface area is 188 Å². The first-order chi connectivity index (χ1) is 15.8. The molecule has 32 heavy (non-hydrogen) atoms. The van der Waals surface area contributed by atoms with Crippen LogP contribution in [0.5, 0.6) is 5.75 Å². The summed E-state index contributed by atoms with van der Waals surface area (Å²) in [6, 6.07) is 15.1. The van der Waals surface area contributed by atoms with E-state index in [9.17, 15) is 0 Å². The van der Waals surface area contributed by atoms with Gasteiger partial charge in [0.05, 0.1) is 30.2 Å². The topological polar surface area (TPSA) is 70.4 Å². The molecule has 2 aromatic heterocycles. The highest BCUT2D eigenvalue weighted by Crippen LogP contribution is 2.24. The fraction of sp³-hybridized carbons (Fsp3) is 0.360. The van der Waals surface area contributed by atoms with Gasteiger partial charge < -0.3 is 19.0 Å². The molecule has 166 valence electrons. The number of anilines is 1. The maximum atomic E-state index is 5.98. The molecule has 1 aliphatic heterocycles. The Balaban J connectivity index is 1.39. The number of piperidine rings is 1. The van der Waals surface area contributed by atoms with Gasteiger partial charge in [0.15, 0.2) is 0 Å². The van der Waals surface area contributed by atoms with Crippen molar-refractivity contribution in [3.8, 4) is 5.75 Å². The third-order valence-electron chi connectivity index (χ3n) is 6.01. The van der Waals surface area contributed by atoms with Gasteiger partial charge in [0.1, 0.15) is 12.0 Å². The molecule has 0 bridgehead atoms. The Kier molecular flexibility index (Phi) is 6.07. The second kappa shape index (κ2) is 9.44. The molecule has 5 rings (SSSR count). The second-order valence-corrected chi connectivity index (χ2v) is 8.42. The number of imidazole rings is 1. The number of benzene rings is 2. The summed E-state index contributed by atoms with van der Waals surface area (Å²) < 4.78 is 11.4. The van der Waals surface area contributed by atoms with E-state index < -0.39 is 0 Å². The van der Waals surface area contributed by atoms with Crippen LogP contribution in [0.4, 0.5) is 6.01 Å². The van der Waals surface area contributed by atoms with Crippen molar-refractivity contribution in [3.63, 3.8) is 0 Å². The Bertz CT molecular complexity index is 1160. The predicted molar refractivity (Wildman–Crippen MR) is 125 cm³/mol. The molecular formula is C25H29N5O2. The molecule has 0 atom stereocenters. The smallest absolute Gasteiger partial charge is 0.298 e. The predicted octanol–water partition coefficient (Wildman–Crippen LogP) is 4.75. The zero-order chi connectivity index (χ0) is 21.8. The first kappa shape index (κ1) is 20.6. The van der Waals surface area contributed by atoms with Crippen LogP contribution in [0, 0.1) is 0 Å². The molecule has 7 heteroatoms. The number of aromatic nitrogens is 3. The molecule has 7 nitrogen and oxygen atoms in total. The van der Waals surface area contributed by atoms with Crippen LogP contribution in [0.1, 0.15) is 36.1 Å². The number of fused-ring (bicyclic) bond motifs is 1. The van der Waals surface area contributed by atoms with Crippen molar-refractivity contribution in [2.45, 2.75) is 38.9 Å². The number of nitrogens with one attached hydrogen (secondary N) is 1. The lowest BCUT2D eigenvalue weighted by Crippen LogP contribution is -2.29. The molecule has 1 fully saturated rings. The Hall–Kier alpha value is -3.32. The molecule has 0 aliphatic carbocycles. The molecule has 1 N–H and O–H groups in total. The van der Waals surface area contributed by atoms with E-state index in [4.69, 9.17) is 14.1 Å². The third kappa shape index (κ3) is 4.78. The number of hydrogen-bond acceptors (Lipinski definition) is 6. The quantitative estimate of drug-likeness (QED) is 0.434. The summed E-state index contributed by atoms with van der Waals surface area (Å²) in [6.45, 7) is 4.47. The van der Waals surface area contributed by atoms with Crippen molar-refractivity contribution in [2.24, 2.45) is 0 Å². The molecule has 0 radical (unpaired) electrons. The van der Waals surface area contributed by atoms with E-state index in [1.165, 1.54) is 24.8 Å². The van der Waals surface area contributed by atoms with E-state index >= 15 is 0 Å². The van der Waals surface area contributed by atoms with Gasteiger partial charge in [-0.3, -0.25) is 4.90 Å². The number of methoxy groups -OCH3 is 1. The minimum Gasteiger partial charge on any atom is -0.497 e. The van der Waals surface area contributed by atoms with Crippen molar-refractivity contribution >= 4 is 17.0 Å². The number of aromatic amines is 1. The summed E-state index contributed by atoms with van der Waals surface area (Å²) in [5.74, 6) is 0.847. The van der Waals surface area contributed by atoms with E-state index in [0.717, 1.165) is 47.7 Å². The molecule has 0 unspecified atom stereocenters. The number of oxazole rings is 1. The zero-order valence-corrected chi connectivity index (χ0v) is 18.5. The maximum Gasteiger partial charge on any atom is 0.298 e. The van der Waals surface area contributed by atoms with Crippen molar-refractivity contribution in [1.82, 2.24) is 19.9 Å². The number of likely N-dealkylation sites (tertiary alicyclic amines) is 1. The van der Waals surface area contributed by atoms with Crippen LogP contribution < -0.4 is 9.64 Å². The fourth-order valence-corrected chi connectivity index (χ4v) is 4.34. The SMILES string of the molecule is COc1cccc(CN(Cc2ccc3nc[nH]c3c2)c2nc(CN3CCCCC3)co2)c1. The van der Waals surface area contributed by atoms with Gasteiger partial charge in [-0.15, -0.1) is 0 Å². The molecular weight excluding hydrogens is 402 g/mol. The average molecular weight is 432 g/mol. The van der Waals surface area contributed by atoms with Crippen LogP contribution in [0.15, 0.2) is 59.5 Å². The van der Waals surface area contributed by atoms with E-state index in [-0.39, 0.29) is 0 Å². The van der Waals surface area contributed by atoms with Crippen molar-refractivity contribution < 1.29 is 9.15 Å². The lowest BCUT2D eigenvalue weighted by Gasteiger charge is -2.25. The van der Waals surface area contributed by atoms with Gasteiger partial charge in [-0.2, -0.15) is 4.98 Å². The normalized spacial score (nSPS) is 14.7. The van der Waals surface area contributed by atoms with E-state index in [0.29, 0.717) is 19.1 Å². The highest BCUT2D eigenvalue weighted by molar-refractivity contribution is 5.75. The van der Waals surface area contributed by atoms with Gasteiger partial charge >= 0.3 is 0 Å². The standard InChI is InChI=1S/C25H29N5O2/c1-31-22-7-5-6-19(12-22)14-30(15-20-8-9-23-24(13-20)27-18-26-23)25-28-21(17-32-25)16-29-10-3-2-4-11-29/h5-9,12-13,17-18H,2-4,10-11,14-16H2,1H3,(H,26,27). The van der Waals surface area contributed by atoms with Crippen LogP contribution in [-0.4, -0.2) is 40.1 Å².